The molecule has 1 aromatic heterocycles. The van der Waals surface area contributed by atoms with E-state index < -0.39 is 5.97 Å². The Bertz CT molecular complexity index is 958. The summed E-state index contributed by atoms with van der Waals surface area (Å²) in [6.07, 6.45) is 1.69. The Labute approximate surface area is 159 Å². The number of amides is 1. The van der Waals surface area contributed by atoms with Gasteiger partial charge in [0, 0.05) is 27.5 Å². The molecule has 6 heteroatoms. The minimum atomic E-state index is -0.449. The highest BCUT2D eigenvalue weighted by Gasteiger charge is 2.15. The summed E-state index contributed by atoms with van der Waals surface area (Å²) < 4.78 is 5.25. The second-order valence-electron chi connectivity index (χ2n) is 5.40. The van der Waals surface area contributed by atoms with Gasteiger partial charge in [-0.25, -0.2) is 4.79 Å². The van der Waals surface area contributed by atoms with Crippen LogP contribution in [-0.4, -0.2) is 24.0 Å². The largest absolute Gasteiger partial charge is 0.465 e. The molecule has 0 aliphatic carbocycles. The van der Waals surface area contributed by atoms with Gasteiger partial charge >= 0.3 is 5.97 Å². The van der Waals surface area contributed by atoms with E-state index in [0.29, 0.717) is 21.3 Å². The van der Waals surface area contributed by atoms with Gasteiger partial charge in [0.2, 0.25) is 0 Å². The Morgan fingerprint density at radius 2 is 1.77 bits per heavy atom. The zero-order valence-electron chi connectivity index (χ0n) is 13.9. The van der Waals surface area contributed by atoms with Crippen LogP contribution in [0.5, 0.6) is 0 Å². The summed E-state index contributed by atoms with van der Waals surface area (Å²) in [4.78, 5) is 28.7. The number of hydrogen-bond donors (Lipinski definition) is 1. The predicted octanol–water partition coefficient (Wildman–Crippen LogP) is 4.55. The maximum atomic E-state index is 12.7. The van der Waals surface area contributed by atoms with Gasteiger partial charge in [-0.15, -0.1) is 0 Å². The molecule has 0 atom stereocenters. The summed E-state index contributed by atoms with van der Waals surface area (Å²) in [5.41, 5.74) is 2.93. The van der Waals surface area contributed by atoms with Crippen molar-refractivity contribution in [3.63, 3.8) is 0 Å². The number of pyridine rings is 1. The standard InChI is InChI=1S/C20H15BrN2O3/c1-26-20(25)16-10-9-13(12-17(16)21)23-19(24)15-7-3-2-6-14(15)18-8-4-5-11-22-18/h2-12H,1H3,(H,23,24). The molecule has 0 aliphatic rings. The quantitative estimate of drug-likeness (QED) is 0.640. The number of nitrogens with zero attached hydrogens (tertiary/aromatic N) is 1. The molecule has 0 aliphatic heterocycles. The van der Waals surface area contributed by atoms with Crippen molar-refractivity contribution in [3.05, 3.63) is 82.5 Å². The first kappa shape index (κ1) is 17.8. The molecule has 0 spiro atoms. The van der Waals surface area contributed by atoms with Crippen molar-refractivity contribution in [1.82, 2.24) is 4.98 Å². The lowest BCUT2D eigenvalue weighted by Gasteiger charge is -2.11. The molecule has 0 bridgehead atoms. The molecule has 1 amide bonds. The van der Waals surface area contributed by atoms with Crippen LogP contribution in [0.3, 0.4) is 0 Å². The molecular weight excluding hydrogens is 396 g/mol. The molecule has 2 aromatic carbocycles. The Morgan fingerprint density at radius 3 is 2.46 bits per heavy atom. The summed E-state index contributed by atoms with van der Waals surface area (Å²) in [6, 6.07) is 17.7. The van der Waals surface area contributed by atoms with Gasteiger partial charge in [-0.2, -0.15) is 0 Å². The first-order chi connectivity index (χ1) is 12.6. The van der Waals surface area contributed by atoms with Crippen LogP contribution in [0.15, 0.2) is 71.3 Å². The van der Waals surface area contributed by atoms with Crippen molar-refractivity contribution >= 4 is 33.5 Å². The van der Waals surface area contributed by atoms with Crippen LogP contribution in [0.25, 0.3) is 11.3 Å². The van der Waals surface area contributed by atoms with E-state index in [1.54, 1.807) is 36.5 Å². The highest BCUT2D eigenvalue weighted by Crippen LogP contribution is 2.25. The lowest BCUT2D eigenvalue weighted by Crippen LogP contribution is -2.13. The molecule has 1 N–H and O–H groups in total. The van der Waals surface area contributed by atoms with E-state index in [1.807, 2.05) is 30.3 Å². The molecule has 3 rings (SSSR count). The summed E-state index contributed by atoms with van der Waals surface area (Å²) in [7, 11) is 1.32. The third-order valence-corrected chi connectivity index (χ3v) is 4.40. The van der Waals surface area contributed by atoms with Gasteiger partial charge in [-0.05, 0) is 52.3 Å². The van der Waals surface area contributed by atoms with Gasteiger partial charge in [-0.1, -0.05) is 24.3 Å². The highest BCUT2D eigenvalue weighted by atomic mass is 79.9. The number of anilines is 1. The summed E-state index contributed by atoms with van der Waals surface area (Å²) in [5, 5.41) is 2.84. The minimum absolute atomic E-state index is 0.260. The molecule has 0 radical (unpaired) electrons. The van der Waals surface area contributed by atoms with Crippen LogP contribution < -0.4 is 5.32 Å². The van der Waals surface area contributed by atoms with Crippen LogP contribution in [0.4, 0.5) is 5.69 Å². The Kier molecular flexibility index (Phi) is 5.43. The molecule has 0 saturated carbocycles. The van der Waals surface area contributed by atoms with Gasteiger partial charge < -0.3 is 10.1 Å². The third kappa shape index (κ3) is 3.81. The average molecular weight is 411 g/mol. The maximum absolute atomic E-state index is 12.7. The second-order valence-corrected chi connectivity index (χ2v) is 6.26. The molecular formula is C20H15BrN2O3. The zero-order valence-corrected chi connectivity index (χ0v) is 15.5. The number of ether oxygens (including phenoxy) is 1. The number of carbonyl (C=O) groups excluding carboxylic acids is 2. The van der Waals surface area contributed by atoms with Crippen LogP contribution >= 0.6 is 15.9 Å². The van der Waals surface area contributed by atoms with E-state index in [2.05, 4.69) is 26.2 Å². The fraction of sp³-hybridized carbons (Fsp3) is 0.0500. The van der Waals surface area contributed by atoms with Gasteiger partial charge in [-0.3, -0.25) is 9.78 Å². The fourth-order valence-electron chi connectivity index (χ4n) is 2.49. The van der Waals surface area contributed by atoms with Crippen molar-refractivity contribution in [1.29, 1.82) is 0 Å². The van der Waals surface area contributed by atoms with Crippen LogP contribution in [0, 0.1) is 0 Å². The zero-order chi connectivity index (χ0) is 18.5. The van der Waals surface area contributed by atoms with Gasteiger partial charge in [0.1, 0.15) is 0 Å². The number of hydrogen-bond acceptors (Lipinski definition) is 4. The Balaban J connectivity index is 1.88. The van der Waals surface area contributed by atoms with E-state index in [1.165, 1.54) is 7.11 Å². The monoisotopic (exact) mass is 410 g/mol. The second kappa shape index (κ2) is 7.93. The first-order valence-electron chi connectivity index (χ1n) is 7.80. The molecule has 5 nitrogen and oxygen atoms in total. The van der Waals surface area contributed by atoms with Gasteiger partial charge in [0.15, 0.2) is 0 Å². The van der Waals surface area contributed by atoms with E-state index in [9.17, 15) is 9.59 Å². The molecule has 0 fully saturated rings. The average Bonchev–Trinajstić information content (AvgIpc) is 2.68. The lowest BCUT2D eigenvalue weighted by atomic mass is 10.0. The molecule has 130 valence electrons. The van der Waals surface area contributed by atoms with Gasteiger partial charge in [0.25, 0.3) is 5.91 Å². The molecule has 0 unspecified atom stereocenters. The van der Waals surface area contributed by atoms with E-state index in [-0.39, 0.29) is 5.91 Å². The number of nitrogens with one attached hydrogen (secondary N) is 1. The van der Waals surface area contributed by atoms with Crippen molar-refractivity contribution in [3.8, 4) is 11.3 Å². The number of halogens is 1. The molecule has 0 saturated heterocycles. The number of methoxy groups -OCH3 is 1. The highest BCUT2D eigenvalue weighted by molar-refractivity contribution is 9.10. The number of aromatic nitrogens is 1. The maximum Gasteiger partial charge on any atom is 0.339 e. The van der Waals surface area contributed by atoms with E-state index in [4.69, 9.17) is 4.74 Å². The van der Waals surface area contributed by atoms with Crippen LogP contribution in [-0.2, 0) is 4.74 Å². The molecule has 26 heavy (non-hydrogen) atoms. The lowest BCUT2D eigenvalue weighted by molar-refractivity contribution is 0.0599. The minimum Gasteiger partial charge on any atom is -0.465 e. The number of esters is 1. The topological polar surface area (TPSA) is 68.3 Å². The third-order valence-electron chi connectivity index (χ3n) is 3.74. The Hall–Kier alpha value is -2.99. The summed E-state index contributed by atoms with van der Waals surface area (Å²) in [5.74, 6) is -0.709. The van der Waals surface area contributed by atoms with Crippen LogP contribution in [0.2, 0.25) is 0 Å². The van der Waals surface area contributed by atoms with E-state index >= 15 is 0 Å². The molecule has 3 aromatic rings. The van der Waals surface area contributed by atoms with Gasteiger partial charge in [0.05, 0.1) is 18.4 Å². The fourth-order valence-corrected chi connectivity index (χ4v) is 3.03. The predicted molar refractivity (Wildman–Crippen MR) is 103 cm³/mol. The van der Waals surface area contributed by atoms with Crippen molar-refractivity contribution in [2.45, 2.75) is 0 Å². The van der Waals surface area contributed by atoms with Crippen molar-refractivity contribution in [2.75, 3.05) is 12.4 Å². The smallest absolute Gasteiger partial charge is 0.339 e. The Morgan fingerprint density at radius 1 is 1.00 bits per heavy atom. The van der Waals surface area contributed by atoms with Crippen LogP contribution in [0.1, 0.15) is 20.7 Å². The van der Waals surface area contributed by atoms with Crippen molar-refractivity contribution in [2.24, 2.45) is 0 Å². The normalized spacial score (nSPS) is 10.2. The number of rotatable bonds is 4. The summed E-state index contributed by atoms with van der Waals surface area (Å²) >= 11 is 3.32. The number of benzene rings is 2. The molecule has 1 heterocycles. The first-order valence-corrected chi connectivity index (χ1v) is 8.59. The van der Waals surface area contributed by atoms with Crippen molar-refractivity contribution < 1.29 is 14.3 Å². The SMILES string of the molecule is COC(=O)c1ccc(NC(=O)c2ccccc2-c2ccccn2)cc1Br. The van der Waals surface area contributed by atoms with E-state index in [0.717, 1.165) is 11.3 Å². The number of carbonyl (C=O) groups is 2. The summed E-state index contributed by atoms with van der Waals surface area (Å²) in [6.45, 7) is 0.